The summed E-state index contributed by atoms with van der Waals surface area (Å²) in [6.45, 7) is 8.46. The van der Waals surface area contributed by atoms with Gasteiger partial charge in [0.2, 0.25) is 0 Å². The van der Waals surface area contributed by atoms with E-state index in [1.165, 1.54) is 0 Å². The third kappa shape index (κ3) is 4.02. The van der Waals surface area contributed by atoms with Gasteiger partial charge in [-0.15, -0.1) is 0 Å². The van der Waals surface area contributed by atoms with Crippen molar-refractivity contribution >= 4 is 17.8 Å². The van der Waals surface area contributed by atoms with E-state index in [2.05, 4.69) is 18.8 Å². The van der Waals surface area contributed by atoms with E-state index in [9.17, 15) is 4.79 Å². The Bertz CT molecular complexity index is 682. The molecule has 25 heavy (non-hydrogen) atoms. The van der Waals surface area contributed by atoms with Crippen LogP contribution in [0.15, 0.2) is 16.9 Å². The highest BCUT2D eigenvalue weighted by Gasteiger charge is 2.35. The highest BCUT2D eigenvalue weighted by molar-refractivity contribution is 5.94. The fourth-order valence-electron chi connectivity index (χ4n) is 3.13. The van der Waals surface area contributed by atoms with Crippen molar-refractivity contribution in [2.75, 3.05) is 20.8 Å². The summed E-state index contributed by atoms with van der Waals surface area (Å²) in [5, 5.41) is 0. The third-order valence-electron chi connectivity index (χ3n) is 4.43. The van der Waals surface area contributed by atoms with Gasteiger partial charge >= 0.3 is 5.97 Å². The fourth-order valence-corrected chi connectivity index (χ4v) is 3.13. The molecule has 0 radical (unpaired) electrons. The van der Waals surface area contributed by atoms with Crippen molar-refractivity contribution in [1.82, 2.24) is 4.98 Å². The van der Waals surface area contributed by atoms with E-state index in [-0.39, 0.29) is 11.4 Å². The smallest absolute Gasteiger partial charge is 0.339 e. The molecule has 0 amide bonds. The number of nitrogens with one attached hydrogen (secondary N) is 1. The van der Waals surface area contributed by atoms with Crippen LogP contribution >= 0.6 is 0 Å². The number of carbonyl (C=O) groups is 1. The molecular formula is C19H28N2O4. The van der Waals surface area contributed by atoms with Gasteiger partial charge in [-0.1, -0.05) is 20.8 Å². The summed E-state index contributed by atoms with van der Waals surface area (Å²) in [6, 6.07) is 0. The van der Waals surface area contributed by atoms with E-state index in [1.54, 1.807) is 27.3 Å². The van der Waals surface area contributed by atoms with Crippen molar-refractivity contribution in [3.63, 3.8) is 0 Å². The first-order valence-electron chi connectivity index (χ1n) is 8.60. The van der Waals surface area contributed by atoms with E-state index in [0.29, 0.717) is 12.2 Å². The van der Waals surface area contributed by atoms with Crippen LogP contribution in [0.25, 0.3) is 6.08 Å². The quantitative estimate of drug-likeness (QED) is 0.604. The van der Waals surface area contributed by atoms with E-state index in [4.69, 9.17) is 19.2 Å². The lowest BCUT2D eigenvalue weighted by atomic mass is 9.86. The van der Waals surface area contributed by atoms with Crippen LogP contribution in [-0.4, -0.2) is 43.8 Å². The molecule has 0 saturated heterocycles. The summed E-state index contributed by atoms with van der Waals surface area (Å²) in [6.07, 6.45) is 4.78. The van der Waals surface area contributed by atoms with Crippen LogP contribution in [0.1, 0.15) is 55.7 Å². The van der Waals surface area contributed by atoms with Crippen molar-refractivity contribution in [2.45, 2.75) is 46.8 Å². The van der Waals surface area contributed by atoms with Crippen LogP contribution in [-0.2, 0) is 20.6 Å². The summed E-state index contributed by atoms with van der Waals surface area (Å²) < 4.78 is 15.8. The number of ether oxygens (including phenoxy) is 3. The van der Waals surface area contributed by atoms with E-state index < -0.39 is 6.29 Å². The lowest BCUT2D eigenvalue weighted by molar-refractivity contribution is -0.0532. The highest BCUT2D eigenvalue weighted by Crippen LogP contribution is 2.40. The number of carbonyl (C=O) groups excluding carboxylic acids is 1. The second-order valence-corrected chi connectivity index (χ2v) is 6.67. The molecular weight excluding hydrogens is 320 g/mol. The van der Waals surface area contributed by atoms with Crippen LogP contribution < -0.4 is 0 Å². The monoisotopic (exact) mass is 348 g/mol. The first-order chi connectivity index (χ1) is 11.9. The number of methoxy groups -OCH3 is 2. The minimum absolute atomic E-state index is 0.134. The molecule has 6 heteroatoms. The topological polar surface area (TPSA) is 72.9 Å². The van der Waals surface area contributed by atoms with E-state index >= 15 is 0 Å². The van der Waals surface area contributed by atoms with Gasteiger partial charge in [0.25, 0.3) is 0 Å². The predicted octanol–water partition coefficient (Wildman–Crippen LogP) is 3.58. The van der Waals surface area contributed by atoms with Gasteiger partial charge in [0.15, 0.2) is 6.29 Å². The van der Waals surface area contributed by atoms with Crippen LogP contribution in [0.4, 0.5) is 0 Å². The van der Waals surface area contributed by atoms with Gasteiger partial charge in [0, 0.05) is 43.6 Å². The average molecular weight is 348 g/mol. The highest BCUT2D eigenvalue weighted by atomic mass is 16.7. The number of esters is 1. The maximum absolute atomic E-state index is 12.1. The number of nitrogens with zero attached hydrogens (tertiary/aromatic N) is 1. The molecule has 0 unspecified atom stereocenters. The molecule has 0 saturated carbocycles. The Morgan fingerprint density at radius 3 is 2.60 bits per heavy atom. The normalized spacial score (nSPS) is 18.0. The Balaban J connectivity index is 2.40. The maximum atomic E-state index is 12.1. The summed E-state index contributed by atoms with van der Waals surface area (Å²) in [5.74, 6) is -0.297. The lowest BCUT2D eigenvalue weighted by Gasteiger charge is -2.19. The molecule has 0 fully saturated rings. The van der Waals surface area contributed by atoms with Crippen molar-refractivity contribution in [3.8, 4) is 0 Å². The number of rotatable bonds is 7. The molecule has 138 valence electrons. The zero-order valence-electron chi connectivity index (χ0n) is 15.9. The lowest BCUT2D eigenvalue weighted by Crippen LogP contribution is -2.25. The van der Waals surface area contributed by atoms with Crippen molar-refractivity contribution in [3.05, 3.63) is 28.7 Å². The molecule has 1 aliphatic heterocycles. The molecule has 1 aromatic heterocycles. The molecule has 2 rings (SSSR count). The Kier molecular flexibility index (Phi) is 6.19. The minimum atomic E-state index is -0.436. The molecule has 0 aromatic carbocycles. The fraction of sp³-hybridized carbons (Fsp3) is 0.579. The molecule has 1 aliphatic rings. The van der Waals surface area contributed by atoms with E-state index in [1.807, 2.05) is 13.0 Å². The Labute approximate surface area is 149 Å². The number of aromatic nitrogens is 1. The number of hydrogen-bond donors (Lipinski definition) is 1. The Morgan fingerprint density at radius 1 is 1.36 bits per heavy atom. The standard InChI is InChI=1S/C19H28N2O4/c1-7-12-13(17(22)25-8-2)11-20-14(12)9-16-19(3,4)10-15(21-16)18(23-5)24-6/h9,11,18,20H,7-8,10H2,1-6H3/b16-9-. The van der Waals surface area contributed by atoms with Gasteiger partial charge in [-0.2, -0.15) is 0 Å². The second-order valence-electron chi connectivity index (χ2n) is 6.67. The molecule has 0 atom stereocenters. The predicted molar refractivity (Wildman–Crippen MR) is 97.7 cm³/mol. The largest absolute Gasteiger partial charge is 0.462 e. The molecule has 6 nitrogen and oxygen atoms in total. The van der Waals surface area contributed by atoms with Crippen LogP contribution in [0, 0.1) is 5.41 Å². The van der Waals surface area contributed by atoms with Gasteiger partial charge in [0.05, 0.1) is 17.9 Å². The molecule has 0 bridgehead atoms. The second kappa shape index (κ2) is 7.97. The zero-order valence-corrected chi connectivity index (χ0v) is 15.9. The Hall–Kier alpha value is -1.92. The van der Waals surface area contributed by atoms with Crippen LogP contribution in [0.2, 0.25) is 0 Å². The maximum Gasteiger partial charge on any atom is 0.339 e. The number of aromatic amines is 1. The molecule has 1 N–H and O–H groups in total. The van der Waals surface area contributed by atoms with Gasteiger partial charge < -0.3 is 19.2 Å². The Morgan fingerprint density at radius 2 is 2.04 bits per heavy atom. The summed E-state index contributed by atoms with van der Waals surface area (Å²) in [7, 11) is 3.22. The number of allylic oxidation sites excluding steroid dienone is 1. The number of aliphatic imine (C=N–C) groups is 1. The summed E-state index contributed by atoms with van der Waals surface area (Å²) in [4.78, 5) is 20.0. The van der Waals surface area contributed by atoms with E-state index in [0.717, 1.165) is 35.5 Å². The third-order valence-corrected chi connectivity index (χ3v) is 4.43. The van der Waals surface area contributed by atoms with Gasteiger partial charge in [-0.05, 0) is 25.0 Å². The number of hydrogen-bond acceptors (Lipinski definition) is 5. The first-order valence-corrected chi connectivity index (χ1v) is 8.60. The van der Waals surface area contributed by atoms with Crippen molar-refractivity contribution in [1.29, 1.82) is 0 Å². The van der Waals surface area contributed by atoms with Crippen LogP contribution in [0.3, 0.4) is 0 Å². The summed E-state index contributed by atoms with van der Waals surface area (Å²) >= 11 is 0. The molecule has 1 aromatic rings. The van der Waals surface area contributed by atoms with Crippen molar-refractivity contribution in [2.24, 2.45) is 10.4 Å². The molecule has 2 heterocycles. The average Bonchev–Trinajstić information content (AvgIpc) is 3.10. The number of H-pyrrole nitrogens is 1. The van der Waals surface area contributed by atoms with Gasteiger partial charge in [-0.25, -0.2) is 4.79 Å². The van der Waals surface area contributed by atoms with Crippen molar-refractivity contribution < 1.29 is 19.0 Å². The SMILES string of the molecule is CCOC(=O)c1c[nH]c(/C=C2\N=C(C(OC)OC)CC2(C)C)c1CC. The zero-order chi connectivity index (χ0) is 18.6. The minimum Gasteiger partial charge on any atom is -0.462 e. The first kappa shape index (κ1) is 19.4. The van der Waals surface area contributed by atoms with Gasteiger partial charge in [-0.3, -0.25) is 4.99 Å². The molecule has 0 aliphatic carbocycles. The van der Waals surface area contributed by atoms with Gasteiger partial charge in [0.1, 0.15) is 0 Å². The van der Waals surface area contributed by atoms with Crippen LogP contribution in [0.5, 0.6) is 0 Å². The summed E-state index contributed by atoms with van der Waals surface area (Å²) in [5.41, 5.74) is 4.10. The molecule has 0 spiro atoms.